The lowest BCUT2D eigenvalue weighted by molar-refractivity contribution is -0.129. The van der Waals surface area contributed by atoms with Gasteiger partial charge in [-0.1, -0.05) is 13.8 Å². The number of cyclic esters (lactones) is 1. The molecule has 0 aromatic rings. The number of esters is 1. The third-order valence-corrected chi connectivity index (χ3v) is 0.749. The van der Waals surface area contributed by atoms with E-state index in [1.807, 2.05) is 13.8 Å². The molecule has 0 saturated carbocycles. The molecule has 56 valence electrons. The minimum absolute atomic E-state index is 0.384. The predicted octanol–water partition coefficient (Wildman–Crippen LogP) is 1.50. The summed E-state index contributed by atoms with van der Waals surface area (Å²) >= 11 is 0. The molecular formula is C7H11NO2. The summed E-state index contributed by atoms with van der Waals surface area (Å²) in [6.07, 6.45) is 2.77. The fourth-order valence-electron chi connectivity index (χ4n) is 0.406. The molecule has 0 saturated heterocycles. The zero-order valence-electron chi connectivity index (χ0n) is 6.42. The second-order valence-corrected chi connectivity index (χ2v) is 1.31. The lowest BCUT2D eigenvalue weighted by Gasteiger charge is -1.86. The van der Waals surface area contributed by atoms with Gasteiger partial charge in [-0.05, 0) is 13.0 Å². The van der Waals surface area contributed by atoms with Crippen LogP contribution in [0, 0.1) is 0 Å². The summed E-state index contributed by atoms with van der Waals surface area (Å²) in [5.74, 6) is -0.00639. The second-order valence-electron chi connectivity index (χ2n) is 1.31. The van der Waals surface area contributed by atoms with E-state index in [0.29, 0.717) is 5.88 Å². The second kappa shape index (κ2) is 4.73. The van der Waals surface area contributed by atoms with Crippen molar-refractivity contribution in [1.29, 1.82) is 0 Å². The molecule has 0 spiro atoms. The van der Waals surface area contributed by atoms with E-state index in [9.17, 15) is 4.79 Å². The first-order chi connectivity index (χ1) is 4.83. The molecule has 3 heteroatoms. The Morgan fingerprint density at radius 1 is 1.60 bits per heavy atom. The molecule has 0 aromatic carbocycles. The third-order valence-electron chi connectivity index (χ3n) is 0.749. The van der Waals surface area contributed by atoms with Crippen LogP contribution in [0.1, 0.15) is 20.8 Å². The van der Waals surface area contributed by atoms with E-state index in [0.717, 1.165) is 6.21 Å². The molecule has 1 heterocycles. The van der Waals surface area contributed by atoms with E-state index in [1.165, 1.54) is 0 Å². The number of nitrogens with zero attached hydrogens (tertiary/aromatic N) is 1. The highest BCUT2D eigenvalue weighted by Crippen LogP contribution is 2.03. The van der Waals surface area contributed by atoms with Gasteiger partial charge in [-0.3, -0.25) is 0 Å². The quantitative estimate of drug-likeness (QED) is 0.479. The van der Waals surface area contributed by atoms with Crippen molar-refractivity contribution in [3.05, 3.63) is 12.0 Å². The highest BCUT2D eigenvalue weighted by atomic mass is 16.6. The molecule has 1 rings (SSSR count). The van der Waals surface area contributed by atoms with Crippen molar-refractivity contribution in [2.45, 2.75) is 20.8 Å². The van der Waals surface area contributed by atoms with Gasteiger partial charge in [-0.15, -0.1) is 0 Å². The van der Waals surface area contributed by atoms with Crippen LogP contribution < -0.4 is 0 Å². The maximum atomic E-state index is 10.2. The molecule has 10 heavy (non-hydrogen) atoms. The lowest BCUT2D eigenvalue weighted by atomic mass is 10.7. The molecule has 0 fully saturated rings. The molecule has 0 radical (unpaired) electrons. The smallest absolute Gasteiger partial charge is 0.356 e. The number of ether oxygens (including phenoxy) is 1. The first-order valence-electron chi connectivity index (χ1n) is 3.25. The van der Waals surface area contributed by atoms with Crippen LogP contribution in [0.15, 0.2) is 17.0 Å². The third kappa shape index (κ3) is 2.44. The molecule has 0 N–H and O–H groups in total. The van der Waals surface area contributed by atoms with Crippen molar-refractivity contribution in [2.75, 3.05) is 0 Å². The van der Waals surface area contributed by atoms with Crippen molar-refractivity contribution in [3.63, 3.8) is 0 Å². The number of allylic oxidation sites excluding steroid dienone is 1. The Kier molecular flexibility index (Phi) is 4.20. The Labute approximate surface area is 60.4 Å². The topological polar surface area (TPSA) is 38.7 Å². The number of carbonyl (C=O) groups is 1. The van der Waals surface area contributed by atoms with Gasteiger partial charge in [0.25, 0.3) is 0 Å². The average Bonchev–Trinajstić information content (AvgIpc) is 2.40. The molecule has 0 unspecified atom stereocenters. The molecule has 1 aliphatic heterocycles. The summed E-state index contributed by atoms with van der Waals surface area (Å²) in [5, 5.41) is 0. The summed E-state index contributed by atoms with van der Waals surface area (Å²) in [5.41, 5.74) is 0. The molecule has 0 atom stereocenters. The first kappa shape index (κ1) is 8.88. The Morgan fingerprint density at radius 3 is 2.40 bits per heavy atom. The molecular weight excluding hydrogens is 130 g/mol. The fraction of sp³-hybridized carbons (Fsp3) is 0.429. The number of hydrogen-bond donors (Lipinski definition) is 0. The van der Waals surface area contributed by atoms with E-state index in [2.05, 4.69) is 9.73 Å². The van der Waals surface area contributed by atoms with Crippen LogP contribution in [0.4, 0.5) is 0 Å². The molecule has 0 amide bonds. The maximum Gasteiger partial charge on any atom is 0.356 e. The van der Waals surface area contributed by atoms with Gasteiger partial charge in [-0.25, -0.2) is 9.79 Å². The minimum atomic E-state index is -0.391. The van der Waals surface area contributed by atoms with Crippen molar-refractivity contribution in [1.82, 2.24) is 0 Å². The number of hydrogen-bond acceptors (Lipinski definition) is 3. The van der Waals surface area contributed by atoms with E-state index in [-0.39, 0.29) is 0 Å². The summed E-state index contributed by atoms with van der Waals surface area (Å²) in [6, 6.07) is 0. The van der Waals surface area contributed by atoms with E-state index >= 15 is 0 Å². The monoisotopic (exact) mass is 141 g/mol. The van der Waals surface area contributed by atoms with Gasteiger partial charge < -0.3 is 4.74 Å². The largest absolute Gasteiger partial charge is 0.404 e. The van der Waals surface area contributed by atoms with Gasteiger partial charge in [0.1, 0.15) is 6.21 Å². The van der Waals surface area contributed by atoms with Crippen molar-refractivity contribution < 1.29 is 9.53 Å². The van der Waals surface area contributed by atoms with Crippen molar-refractivity contribution in [3.8, 4) is 0 Å². The Morgan fingerprint density at radius 2 is 2.20 bits per heavy atom. The molecule has 1 aliphatic rings. The van der Waals surface area contributed by atoms with E-state index < -0.39 is 5.97 Å². The van der Waals surface area contributed by atoms with Gasteiger partial charge in [0.05, 0.1) is 0 Å². The van der Waals surface area contributed by atoms with Crippen molar-refractivity contribution in [2.24, 2.45) is 4.99 Å². The van der Waals surface area contributed by atoms with E-state index in [1.54, 1.807) is 13.0 Å². The van der Waals surface area contributed by atoms with Gasteiger partial charge in [0.15, 0.2) is 0 Å². The summed E-state index contributed by atoms with van der Waals surface area (Å²) in [6.45, 7) is 5.76. The highest BCUT2D eigenvalue weighted by molar-refractivity contribution is 6.25. The molecule has 3 nitrogen and oxygen atoms in total. The molecule has 0 bridgehead atoms. The standard InChI is InChI=1S/C5H5NO2.C2H6/c1-2-4-6-3-5(7)8-4;1-2/h2-3H,1H3;1-2H3/b4-2+;. The highest BCUT2D eigenvalue weighted by Gasteiger charge is 2.08. The summed E-state index contributed by atoms with van der Waals surface area (Å²) in [4.78, 5) is 13.8. The van der Waals surface area contributed by atoms with Crippen LogP contribution in [0.25, 0.3) is 0 Å². The first-order valence-corrected chi connectivity index (χ1v) is 3.25. The summed E-state index contributed by atoms with van der Waals surface area (Å²) < 4.78 is 4.51. The number of carbonyl (C=O) groups excluding carboxylic acids is 1. The van der Waals surface area contributed by atoms with Crippen LogP contribution in [0.2, 0.25) is 0 Å². The van der Waals surface area contributed by atoms with Crippen LogP contribution in [0.3, 0.4) is 0 Å². The predicted molar refractivity (Wildman–Crippen MR) is 39.7 cm³/mol. The zero-order valence-corrected chi connectivity index (χ0v) is 6.42. The van der Waals surface area contributed by atoms with Crippen molar-refractivity contribution >= 4 is 12.2 Å². The Balaban J connectivity index is 0.000000371. The average molecular weight is 141 g/mol. The fourth-order valence-corrected chi connectivity index (χ4v) is 0.406. The Bertz CT molecular complexity index is 170. The van der Waals surface area contributed by atoms with Gasteiger partial charge in [0.2, 0.25) is 5.88 Å². The molecule has 0 aromatic heterocycles. The zero-order chi connectivity index (χ0) is 7.98. The van der Waals surface area contributed by atoms with Gasteiger partial charge in [-0.2, -0.15) is 0 Å². The molecule has 0 aliphatic carbocycles. The van der Waals surface area contributed by atoms with Crippen LogP contribution in [0.5, 0.6) is 0 Å². The summed E-state index contributed by atoms with van der Waals surface area (Å²) in [7, 11) is 0. The van der Waals surface area contributed by atoms with Crippen LogP contribution in [-0.2, 0) is 9.53 Å². The van der Waals surface area contributed by atoms with Gasteiger partial charge in [0, 0.05) is 0 Å². The van der Waals surface area contributed by atoms with E-state index in [4.69, 9.17) is 0 Å². The Hall–Kier alpha value is -1.12. The SMILES string of the molecule is C/C=C1\N=CC(=O)O1.CC. The normalized spacial score (nSPS) is 18.3. The number of aliphatic imine (C=N–C) groups is 1. The number of rotatable bonds is 0. The lowest BCUT2D eigenvalue weighted by Crippen LogP contribution is -1.93. The van der Waals surface area contributed by atoms with Crippen LogP contribution >= 0.6 is 0 Å². The van der Waals surface area contributed by atoms with Gasteiger partial charge >= 0.3 is 5.97 Å². The minimum Gasteiger partial charge on any atom is -0.404 e. The maximum absolute atomic E-state index is 10.2. The van der Waals surface area contributed by atoms with Crippen LogP contribution in [-0.4, -0.2) is 12.2 Å².